The predicted octanol–water partition coefficient (Wildman–Crippen LogP) is 3.72. The molecule has 2 aliphatic rings. The van der Waals surface area contributed by atoms with Crippen LogP contribution >= 0.6 is 11.3 Å². The molecule has 1 aromatic carbocycles. The number of hydrogen-bond acceptors (Lipinski definition) is 4. The number of hydrogen-bond donors (Lipinski definition) is 1. The number of rotatable bonds is 4. The molecule has 1 aliphatic carbocycles. The highest BCUT2D eigenvalue weighted by molar-refractivity contribution is 7.18. The summed E-state index contributed by atoms with van der Waals surface area (Å²) < 4.78 is 1.19. The van der Waals surface area contributed by atoms with Crippen molar-refractivity contribution in [1.29, 1.82) is 0 Å². The van der Waals surface area contributed by atoms with E-state index in [-0.39, 0.29) is 23.7 Å². The first-order valence-corrected chi connectivity index (χ1v) is 11.0. The summed E-state index contributed by atoms with van der Waals surface area (Å²) in [6, 6.07) is 8.20. The van der Waals surface area contributed by atoms with E-state index < -0.39 is 0 Å². The van der Waals surface area contributed by atoms with Crippen molar-refractivity contribution < 1.29 is 9.59 Å². The molecule has 0 spiro atoms. The molecule has 0 unspecified atom stereocenters. The van der Waals surface area contributed by atoms with Gasteiger partial charge >= 0.3 is 0 Å². The Kier molecular flexibility index (Phi) is 5.76. The lowest BCUT2D eigenvalue weighted by molar-refractivity contribution is -0.138. The number of benzene rings is 1. The van der Waals surface area contributed by atoms with Crippen molar-refractivity contribution in [2.75, 3.05) is 19.6 Å². The van der Waals surface area contributed by atoms with Crippen LogP contribution in [-0.2, 0) is 9.59 Å². The zero-order chi connectivity index (χ0) is 19.5. The predicted molar refractivity (Wildman–Crippen MR) is 112 cm³/mol. The number of nitrogens with zero attached hydrogens (tertiary/aromatic N) is 2. The second kappa shape index (κ2) is 8.43. The molecule has 2 aromatic rings. The number of fused-ring (bicyclic) bond motifs is 1. The van der Waals surface area contributed by atoms with E-state index in [2.05, 4.69) is 23.5 Å². The van der Waals surface area contributed by atoms with Crippen LogP contribution < -0.4 is 5.32 Å². The number of aromatic nitrogens is 1. The molecule has 0 radical (unpaired) electrons. The lowest BCUT2D eigenvalue weighted by Gasteiger charge is -2.36. The molecule has 1 aromatic heterocycles. The van der Waals surface area contributed by atoms with Crippen LogP contribution in [0.2, 0.25) is 0 Å². The summed E-state index contributed by atoms with van der Waals surface area (Å²) in [6.45, 7) is 3.85. The fourth-order valence-corrected chi connectivity index (χ4v) is 5.43. The Morgan fingerprint density at radius 3 is 2.68 bits per heavy atom. The minimum Gasteiger partial charge on any atom is -0.356 e. The zero-order valence-corrected chi connectivity index (χ0v) is 17.1. The largest absolute Gasteiger partial charge is 0.356 e. The molecule has 6 heteroatoms. The second-order valence-corrected chi connectivity index (χ2v) is 8.94. The summed E-state index contributed by atoms with van der Waals surface area (Å²) in [6.07, 6.45) is 7.94. The lowest BCUT2D eigenvalue weighted by Crippen LogP contribution is -2.45. The standard InChI is InChI=1S/C22H27N3O2S/c1-15(26)23-14-16-10-12-25(13-11-16)22(27)18-7-3-2-6-17(18)21-24-19-8-4-5-9-20(19)28-21/h2-5,8-9,16-18H,6-7,10-14H2,1H3,(H,23,26)/t17-,18+/m1/s1. The lowest BCUT2D eigenvalue weighted by atomic mass is 9.81. The molecule has 2 heterocycles. The van der Waals surface area contributed by atoms with Crippen molar-refractivity contribution in [3.8, 4) is 0 Å². The number of amides is 2. The summed E-state index contributed by atoms with van der Waals surface area (Å²) in [4.78, 5) is 31.3. The molecule has 4 rings (SSSR count). The minimum atomic E-state index is -0.0162. The molecule has 148 valence electrons. The van der Waals surface area contributed by atoms with Crippen molar-refractivity contribution >= 4 is 33.4 Å². The van der Waals surface area contributed by atoms with Gasteiger partial charge in [0.15, 0.2) is 0 Å². The maximum atomic E-state index is 13.3. The molecule has 1 fully saturated rings. The Hall–Kier alpha value is -2.21. The molecule has 1 aliphatic heterocycles. The van der Waals surface area contributed by atoms with E-state index in [1.807, 2.05) is 23.1 Å². The number of likely N-dealkylation sites (tertiary alicyclic amines) is 1. The maximum Gasteiger partial charge on any atom is 0.226 e. The van der Waals surface area contributed by atoms with E-state index in [9.17, 15) is 9.59 Å². The number of thiazole rings is 1. The first-order chi connectivity index (χ1) is 13.6. The quantitative estimate of drug-likeness (QED) is 0.800. The van der Waals surface area contributed by atoms with Crippen LogP contribution in [0.1, 0.15) is 43.5 Å². The van der Waals surface area contributed by atoms with Crippen molar-refractivity contribution in [2.24, 2.45) is 11.8 Å². The fourth-order valence-electron chi connectivity index (χ4n) is 4.29. The van der Waals surface area contributed by atoms with Gasteiger partial charge in [-0.25, -0.2) is 4.98 Å². The Bertz CT molecular complexity index is 850. The van der Waals surface area contributed by atoms with Crippen LogP contribution in [0.4, 0.5) is 0 Å². The highest BCUT2D eigenvalue weighted by atomic mass is 32.1. The average Bonchev–Trinajstić information content (AvgIpc) is 3.16. The Balaban J connectivity index is 1.44. The number of carbonyl (C=O) groups excluding carboxylic acids is 2. The molecule has 28 heavy (non-hydrogen) atoms. The number of piperidine rings is 1. The molecule has 2 atom stereocenters. The molecule has 0 saturated carbocycles. The summed E-state index contributed by atoms with van der Waals surface area (Å²) in [7, 11) is 0. The Morgan fingerprint density at radius 2 is 1.93 bits per heavy atom. The van der Waals surface area contributed by atoms with Crippen LogP contribution in [0.5, 0.6) is 0 Å². The van der Waals surface area contributed by atoms with Gasteiger partial charge in [0.05, 0.1) is 21.1 Å². The van der Waals surface area contributed by atoms with Gasteiger partial charge in [-0.3, -0.25) is 9.59 Å². The second-order valence-electron chi connectivity index (χ2n) is 7.88. The Morgan fingerprint density at radius 1 is 1.18 bits per heavy atom. The summed E-state index contributed by atoms with van der Waals surface area (Å²) in [5.74, 6) is 0.918. The van der Waals surface area contributed by atoms with E-state index in [0.717, 1.165) is 55.8 Å². The van der Waals surface area contributed by atoms with Gasteiger partial charge in [0, 0.05) is 32.5 Å². The SMILES string of the molecule is CC(=O)NCC1CCN(C(=O)[C@H]2CC=CC[C@H]2c2nc3ccccc3s2)CC1. The van der Waals surface area contributed by atoms with Gasteiger partial charge in [-0.15, -0.1) is 11.3 Å². The van der Waals surface area contributed by atoms with Gasteiger partial charge < -0.3 is 10.2 Å². The molecular formula is C22H27N3O2S. The van der Waals surface area contributed by atoms with Gasteiger partial charge in [0.25, 0.3) is 0 Å². The van der Waals surface area contributed by atoms with E-state index >= 15 is 0 Å². The van der Waals surface area contributed by atoms with Crippen LogP contribution in [0.3, 0.4) is 0 Å². The summed E-state index contributed by atoms with van der Waals surface area (Å²) in [5.41, 5.74) is 1.03. The van der Waals surface area contributed by atoms with Gasteiger partial charge in [0.1, 0.15) is 0 Å². The van der Waals surface area contributed by atoms with E-state index in [1.165, 1.54) is 4.70 Å². The van der Waals surface area contributed by atoms with E-state index in [1.54, 1.807) is 18.3 Å². The number of allylic oxidation sites excluding steroid dienone is 2. The van der Waals surface area contributed by atoms with Gasteiger partial charge in [-0.1, -0.05) is 24.3 Å². The molecule has 2 amide bonds. The molecule has 1 N–H and O–H groups in total. The maximum absolute atomic E-state index is 13.3. The first-order valence-electron chi connectivity index (χ1n) is 10.2. The van der Waals surface area contributed by atoms with E-state index in [4.69, 9.17) is 4.98 Å². The fraction of sp³-hybridized carbons (Fsp3) is 0.500. The van der Waals surface area contributed by atoms with Gasteiger partial charge in [-0.2, -0.15) is 0 Å². The van der Waals surface area contributed by atoms with Crippen molar-refractivity contribution in [3.05, 3.63) is 41.4 Å². The number of nitrogens with one attached hydrogen (secondary N) is 1. The van der Waals surface area contributed by atoms with Crippen LogP contribution in [0.15, 0.2) is 36.4 Å². The van der Waals surface area contributed by atoms with E-state index in [0.29, 0.717) is 5.92 Å². The third-order valence-corrected chi connectivity index (χ3v) is 7.11. The van der Waals surface area contributed by atoms with Crippen LogP contribution in [-0.4, -0.2) is 41.3 Å². The van der Waals surface area contributed by atoms with Crippen LogP contribution in [0.25, 0.3) is 10.2 Å². The molecule has 5 nitrogen and oxygen atoms in total. The Labute approximate surface area is 169 Å². The highest BCUT2D eigenvalue weighted by Gasteiger charge is 2.36. The minimum absolute atomic E-state index is 0.0162. The number of carbonyl (C=O) groups is 2. The van der Waals surface area contributed by atoms with Gasteiger partial charge in [-0.05, 0) is 43.7 Å². The molecule has 0 bridgehead atoms. The van der Waals surface area contributed by atoms with Gasteiger partial charge in [0.2, 0.25) is 11.8 Å². The summed E-state index contributed by atoms with van der Waals surface area (Å²) >= 11 is 1.73. The normalized spacial score (nSPS) is 23.1. The zero-order valence-electron chi connectivity index (χ0n) is 16.3. The topological polar surface area (TPSA) is 62.3 Å². The third kappa shape index (κ3) is 4.12. The molecule has 1 saturated heterocycles. The summed E-state index contributed by atoms with van der Waals surface area (Å²) in [5, 5.41) is 3.99. The smallest absolute Gasteiger partial charge is 0.226 e. The van der Waals surface area contributed by atoms with Crippen molar-refractivity contribution in [1.82, 2.24) is 15.2 Å². The van der Waals surface area contributed by atoms with Crippen molar-refractivity contribution in [3.63, 3.8) is 0 Å². The monoisotopic (exact) mass is 397 g/mol. The van der Waals surface area contributed by atoms with Crippen molar-refractivity contribution in [2.45, 2.75) is 38.5 Å². The third-order valence-electron chi connectivity index (χ3n) is 5.94. The highest BCUT2D eigenvalue weighted by Crippen LogP contribution is 2.39. The first kappa shape index (κ1) is 19.1. The molecular weight excluding hydrogens is 370 g/mol. The number of para-hydroxylation sites is 1. The van der Waals surface area contributed by atoms with Crippen LogP contribution in [0, 0.1) is 11.8 Å². The average molecular weight is 398 g/mol.